The van der Waals surface area contributed by atoms with Gasteiger partial charge in [0.15, 0.2) is 11.5 Å². The summed E-state index contributed by atoms with van der Waals surface area (Å²) in [4.78, 5) is 12.7. The van der Waals surface area contributed by atoms with Crippen LogP contribution in [0.15, 0.2) is 66.7 Å². The lowest BCUT2D eigenvalue weighted by Gasteiger charge is -2.23. The van der Waals surface area contributed by atoms with Gasteiger partial charge in [-0.15, -0.1) is 0 Å². The van der Waals surface area contributed by atoms with Crippen LogP contribution >= 0.6 is 0 Å². The number of aliphatic hydroxyl groups excluding tert-OH is 1. The standard InChI is InChI=1S/C26H25NO5/c28-12-11-23(17-9-10-24-25(15-17)31-14-13-30-24)27-26(29)32-16-22-20-7-3-1-5-18(20)19-6-2-4-8-21(19)22/h1-10,15,22-23,28H,11-14,16H2,(H,27,29). The number of carbonyl (C=O) groups is 1. The summed E-state index contributed by atoms with van der Waals surface area (Å²) in [6.45, 7) is 1.18. The highest BCUT2D eigenvalue weighted by atomic mass is 16.6. The molecule has 0 bridgehead atoms. The Morgan fingerprint density at radius 2 is 1.62 bits per heavy atom. The molecule has 32 heavy (non-hydrogen) atoms. The van der Waals surface area contributed by atoms with Gasteiger partial charge in [0.1, 0.15) is 19.8 Å². The Labute approximate surface area is 186 Å². The molecular weight excluding hydrogens is 406 g/mol. The normalized spacial score (nSPS) is 14.9. The number of nitrogens with one attached hydrogen (secondary N) is 1. The van der Waals surface area contributed by atoms with Crippen molar-refractivity contribution in [3.63, 3.8) is 0 Å². The smallest absolute Gasteiger partial charge is 0.407 e. The first kappa shape index (κ1) is 20.4. The molecular formula is C26H25NO5. The summed E-state index contributed by atoms with van der Waals surface area (Å²) in [7, 11) is 0. The van der Waals surface area contributed by atoms with E-state index in [2.05, 4.69) is 29.6 Å². The molecule has 164 valence electrons. The van der Waals surface area contributed by atoms with E-state index in [0.29, 0.717) is 31.1 Å². The number of fused-ring (bicyclic) bond motifs is 4. The molecule has 0 saturated carbocycles. The molecule has 1 heterocycles. The molecule has 3 aromatic rings. The van der Waals surface area contributed by atoms with Gasteiger partial charge in [-0.2, -0.15) is 0 Å². The van der Waals surface area contributed by atoms with E-state index < -0.39 is 12.1 Å². The van der Waals surface area contributed by atoms with Crippen LogP contribution in [0.2, 0.25) is 0 Å². The van der Waals surface area contributed by atoms with Crippen LogP contribution in [0.4, 0.5) is 4.79 Å². The van der Waals surface area contributed by atoms with Crippen LogP contribution in [-0.4, -0.2) is 37.6 Å². The lowest BCUT2D eigenvalue weighted by atomic mass is 9.98. The van der Waals surface area contributed by atoms with Crippen LogP contribution < -0.4 is 14.8 Å². The van der Waals surface area contributed by atoms with Crippen molar-refractivity contribution in [2.24, 2.45) is 0 Å². The molecule has 6 nitrogen and oxygen atoms in total. The average molecular weight is 431 g/mol. The molecule has 0 aromatic heterocycles. The van der Waals surface area contributed by atoms with Crippen molar-refractivity contribution in [3.8, 4) is 22.6 Å². The minimum atomic E-state index is -0.514. The van der Waals surface area contributed by atoms with Crippen molar-refractivity contribution in [1.82, 2.24) is 5.32 Å². The molecule has 2 N–H and O–H groups in total. The van der Waals surface area contributed by atoms with E-state index in [-0.39, 0.29) is 19.1 Å². The van der Waals surface area contributed by atoms with Crippen molar-refractivity contribution in [2.45, 2.75) is 18.4 Å². The SMILES string of the molecule is O=C(NC(CCO)c1ccc2c(c1)OCCO2)OCC1c2ccccc2-c2ccccc21. The Balaban J connectivity index is 1.29. The Kier molecular flexibility index (Phi) is 5.69. The van der Waals surface area contributed by atoms with Gasteiger partial charge >= 0.3 is 6.09 Å². The van der Waals surface area contributed by atoms with Gasteiger partial charge in [0.25, 0.3) is 0 Å². The van der Waals surface area contributed by atoms with Crippen LogP contribution in [0.5, 0.6) is 11.5 Å². The lowest BCUT2D eigenvalue weighted by molar-refractivity contribution is 0.136. The van der Waals surface area contributed by atoms with Crippen LogP contribution in [-0.2, 0) is 4.74 Å². The predicted molar refractivity (Wildman–Crippen MR) is 120 cm³/mol. The zero-order valence-corrected chi connectivity index (χ0v) is 17.6. The molecule has 0 fully saturated rings. The second-order valence-corrected chi connectivity index (χ2v) is 7.94. The third-order valence-electron chi connectivity index (χ3n) is 6.02. The van der Waals surface area contributed by atoms with Gasteiger partial charge in [-0.25, -0.2) is 4.79 Å². The largest absolute Gasteiger partial charge is 0.486 e. The maximum absolute atomic E-state index is 12.7. The minimum Gasteiger partial charge on any atom is -0.486 e. The first-order chi connectivity index (χ1) is 15.7. The Morgan fingerprint density at radius 1 is 0.969 bits per heavy atom. The van der Waals surface area contributed by atoms with Gasteiger partial charge in [-0.05, 0) is 46.4 Å². The molecule has 0 spiro atoms. The first-order valence-corrected chi connectivity index (χ1v) is 10.9. The first-order valence-electron chi connectivity index (χ1n) is 10.9. The van der Waals surface area contributed by atoms with E-state index in [9.17, 15) is 9.90 Å². The van der Waals surface area contributed by atoms with Crippen molar-refractivity contribution in [3.05, 3.63) is 83.4 Å². The molecule has 1 aliphatic carbocycles. The number of alkyl carbamates (subject to hydrolysis) is 1. The topological polar surface area (TPSA) is 77.0 Å². The van der Waals surface area contributed by atoms with E-state index in [1.165, 1.54) is 22.3 Å². The number of ether oxygens (including phenoxy) is 3. The van der Waals surface area contributed by atoms with Crippen LogP contribution in [0.25, 0.3) is 11.1 Å². The third kappa shape index (κ3) is 3.89. The van der Waals surface area contributed by atoms with E-state index in [1.807, 2.05) is 42.5 Å². The molecule has 1 unspecified atom stereocenters. The molecule has 2 aliphatic rings. The van der Waals surface area contributed by atoms with Crippen molar-refractivity contribution >= 4 is 6.09 Å². The summed E-state index contributed by atoms with van der Waals surface area (Å²) in [5.74, 6) is 1.33. The number of benzene rings is 3. The summed E-state index contributed by atoms with van der Waals surface area (Å²) in [5.41, 5.74) is 5.54. The number of hydrogen-bond donors (Lipinski definition) is 2. The highest BCUT2D eigenvalue weighted by Gasteiger charge is 2.29. The monoisotopic (exact) mass is 431 g/mol. The maximum atomic E-state index is 12.7. The summed E-state index contributed by atoms with van der Waals surface area (Å²) >= 11 is 0. The summed E-state index contributed by atoms with van der Waals surface area (Å²) in [6, 6.07) is 21.6. The average Bonchev–Trinajstić information content (AvgIpc) is 3.16. The molecule has 3 aromatic carbocycles. The fraction of sp³-hybridized carbons (Fsp3) is 0.269. The van der Waals surface area contributed by atoms with Crippen molar-refractivity contribution in [1.29, 1.82) is 0 Å². The van der Waals surface area contributed by atoms with Gasteiger partial charge in [-0.1, -0.05) is 54.6 Å². The minimum absolute atomic E-state index is 0.00117. The predicted octanol–water partition coefficient (Wildman–Crippen LogP) is 4.42. The van der Waals surface area contributed by atoms with Crippen molar-refractivity contribution in [2.75, 3.05) is 26.4 Å². The maximum Gasteiger partial charge on any atom is 0.407 e. The van der Waals surface area contributed by atoms with Crippen LogP contribution in [0, 0.1) is 0 Å². The molecule has 6 heteroatoms. The quantitative estimate of drug-likeness (QED) is 0.604. The van der Waals surface area contributed by atoms with Crippen LogP contribution in [0.3, 0.4) is 0 Å². The highest BCUT2D eigenvalue weighted by Crippen LogP contribution is 2.44. The molecule has 5 rings (SSSR count). The van der Waals surface area contributed by atoms with Gasteiger partial charge in [0.2, 0.25) is 0 Å². The Hall–Kier alpha value is -3.51. The lowest BCUT2D eigenvalue weighted by Crippen LogP contribution is -2.31. The summed E-state index contributed by atoms with van der Waals surface area (Å²) in [5, 5.41) is 12.4. The number of amides is 1. The third-order valence-corrected chi connectivity index (χ3v) is 6.02. The summed E-state index contributed by atoms with van der Waals surface area (Å²) in [6.07, 6.45) is -0.149. The fourth-order valence-corrected chi connectivity index (χ4v) is 4.51. The number of carbonyl (C=O) groups excluding carboxylic acids is 1. The van der Waals surface area contributed by atoms with E-state index >= 15 is 0 Å². The molecule has 1 amide bonds. The zero-order valence-electron chi connectivity index (χ0n) is 17.6. The van der Waals surface area contributed by atoms with Gasteiger partial charge in [0.05, 0.1) is 6.04 Å². The summed E-state index contributed by atoms with van der Waals surface area (Å²) < 4.78 is 16.9. The van der Waals surface area contributed by atoms with Crippen molar-refractivity contribution < 1.29 is 24.1 Å². The highest BCUT2D eigenvalue weighted by molar-refractivity contribution is 5.79. The Morgan fingerprint density at radius 3 is 2.31 bits per heavy atom. The number of rotatable bonds is 6. The van der Waals surface area contributed by atoms with Gasteiger partial charge in [-0.3, -0.25) is 0 Å². The number of hydrogen-bond acceptors (Lipinski definition) is 5. The van der Waals surface area contributed by atoms with E-state index in [0.717, 1.165) is 5.56 Å². The zero-order chi connectivity index (χ0) is 21.9. The van der Waals surface area contributed by atoms with E-state index in [4.69, 9.17) is 14.2 Å². The van der Waals surface area contributed by atoms with Crippen LogP contribution in [0.1, 0.15) is 35.1 Å². The Bertz CT molecular complexity index is 1080. The van der Waals surface area contributed by atoms with Gasteiger partial charge < -0.3 is 24.6 Å². The second-order valence-electron chi connectivity index (χ2n) is 7.94. The molecule has 0 radical (unpaired) electrons. The van der Waals surface area contributed by atoms with Gasteiger partial charge in [0, 0.05) is 12.5 Å². The van der Waals surface area contributed by atoms with E-state index in [1.54, 1.807) is 0 Å². The fourth-order valence-electron chi connectivity index (χ4n) is 4.51. The molecule has 0 saturated heterocycles. The number of aliphatic hydroxyl groups is 1. The molecule has 1 aliphatic heterocycles. The molecule has 1 atom stereocenters. The second kappa shape index (κ2) is 8.93.